The molecule has 5 nitrogen and oxygen atoms in total. The van der Waals surface area contributed by atoms with Gasteiger partial charge in [0.1, 0.15) is 4.88 Å². The predicted molar refractivity (Wildman–Crippen MR) is 56.9 cm³/mol. The van der Waals surface area contributed by atoms with E-state index in [9.17, 15) is 9.59 Å². The highest BCUT2D eigenvalue weighted by atomic mass is 79.9. The summed E-state index contributed by atoms with van der Waals surface area (Å²) in [7, 11) is 2.56. The molecular formula is C8H8BrNO4S. The monoisotopic (exact) mass is 293 g/mol. The van der Waals surface area contributed by atoms with E-state index in [0.29, 0.717) is 14.5 Å². The van der Waals surface area contributed by atoms with Gasteiger partial charge in [-0.05, 0) is 15.9 Å². The third-order valence-corrected chi connectivity index (χ3v) is 3.11. The fraction of sp³-hybridized carbons (Fsp3) is 0.375. The number of ether oxygens (including phenoxy) is 2. The van der Waals surface area contributed by atoms with E-state index in [1.165, 1.54) is 14.2 Å². The third kappa shape index (κ3) is 3.00. The van der Waals surface area contributed by atoms with E-state index in [1.807, 2.05) is 0 Å². The maximum Gasteiger partial charge on any atom is 0.350 e. The molecule has 0 aliphatic heterocycles. The Labute approximate surface area is 98.5 Å². The van der Waals surface area contributed by atoms with Gasteiger partial charge in [-0.2, -0.15) is 0 Å². The van der Waals surface area contributed by atoms with E-state index in [4.69, 9.17) is 0 Å². The van der Waals surface area contributed by atoms with Crippen molar-refractivity contribution in [2.24, 2.45) is 0 Å². The number of hydrogen-bond donors (Lipinski definition) is 0. The Morgan fingerprint density at radius 3 is 2.60 bits per heavy atom. The number of rotatable bonds is 3. The average Bonchev–Trinajstić information content (AvgIpc) is 2.58. The molecule has 0 spiro atoms. The van der Waals surface area contributed by atoms with Crippen molar-refractivity contribution in [3.63, 3.8) is 0 Å². The molecule has 1 aromatic rings. The summed E-state index contributed by atoms with van der Waals surface area (Å²) in [6, 6.07) is 0. The van der Waals surface area contributed by atoms with E-state index >= 15 is 0 Å². The Kier molecular flexibility index (Phi) is 4.22. The first-order valence-corrected chi connectivity index (χ1v) is 5.49. The van der Waals surface area contributed by atoms with Crippen molar-refractivity contribution in [2.75, 3.05) is 14.2 Å². The Morgan fingerprint density at radius 1 is 1.40 bits per heavy atom. The lowest BCUT2D eigenvalue weighted by atomic mass is 10.3. The van der Waals surface area contributed by atoms with Crippen LogP contribution in [0.2, 0.25) is 0 Å². The summed E-state index contributed by atoms with van der Waals surface area (Å²) in [5.41, 5.74) is 0.366. The number of esters is 2. The second-order valence-corrected chi connectivity index (χ2v) is 4.76. The minimum Gasteiger partial charge on any atom is -0.469 e. The third-order valence-electron chi connectivity index (χ3n) is 1.58. The van der Waals surface area contributed by atoms with Crippen LogP contribution < -0.4 is 0 Å². The first-order chi connectivity index (χ1) is 7.08. The van der Waals surface area contributed by atoms with Crippen molar-refractivity contribution in [1.29, 1.82) is 0 Å². The number of aromatic nitrogens is 1. The van der Waals surface area contributed by atoms with Gasteiger partial charge >= 0.3 is 11.9 Å². The van der Waals surface area contributed by atoms with Gasteiger partial charge in [-0.3, -0.25) is 4.79 Å². The number of nitrogens with zero attached hydrogens (tertiary/aromatic N) is 1. The maximum atomic E-state index is 11.3. The van der Waals surface area contributed by atoms with E-state index < -0.39 is 11.9 Å². The van der Waals surface area contributed by atoms with Gasteiger partial charge in [0.15, 0.2) is 3.92 Å². The molecule has 1 heterocycles. The predicted octanol–water partition coefficient (Wildman–Crippen LogP) is 1.41. The van der Waals surface area contributed by atoms with Gasteiger partial charge in [-0.15, -0.1) is 0 Å². The summed E-state index contributed by atoms with van der Waals surface area (Å²) >= 11 is 4.26. The van der Waals surface area contributed by atoms with Crippen LogP contribution in [0.25, 0.3) is 0 Å². The van der Waals surface area contributed by atoms with Gasteiger partial charge in [0.05, 0.1) is 26.3 Å². The minimum absolute atomic E-state index is 0.0387. The molecule has 0 unspecified atom stereocenters. The molecule has 15 heavy (non-hydrogen) atoms. The van der Waals surface area contributed by atoms with Crippen LogP contribution in [0.3, 0.4) is 0 Å². The summed E-state index contributed by atoms with van der Waals surface area (Å²) in [4.78, 5) is 26.6. The van der Waals surface area contributed by atoms with Crippen molar-refractivity contribution in [3.05, 3.63) is 14.5 Å². The Morgan fingerprint density at radius 2 is 2.07 bits per heavy atom. The molecule has 0 fully saturated rings. The number of hydrogen-bond acceptors (Lipinski definition) is 6. The number of carbonyl (C=O) groups excluding carboxylic acids is 2. The largest absolute Gasteiger partial charge is 0.469 e. The highest BCUT2D eigenvalue weighted by Crippen LogP contribution is 2.24. The van der Waals surface area contributed by atoms with Crippen LogP contribution in [0.1, 0.15) is 15.4 Å². The van der Waals surface area contributed by atoms with E-state index in [1.54, 1.807) is 0 Å². The van der Waals surface area contributed by atoms with E-state index in [0.717, 1.165) is 11.3 Å². The summed E-state index contributed by atoms with van der Waals surface area (Å²) in [6.45, 7) is 0. The first-order valence-electron chi connectivity index (χ1n) is 3.88. The molecule has 0 N–H and O–H groups in total. The van der Waals surface area contributed by atoms with Gasteiger partial charge in [0.2, 0.25) is 0 Å². The highest BCUT2D eigenvalue weighted by Gasteiger charge is 2.20. The number of carbonyl (C=O) groups is 2. The molecule has 0 amide bonds. The first kappa shape index (κ1) is 12.1. The second-order valence-electron chi connectivity index (χ2n) is 2.49. The Bertz CT molecular complexity index is 390. The Hall–Kier alpha value is -0.950. The SMILES string of the molecule is COC(=O)Cc1nc(Br)sc1C(=O)OC. The van der Waals surface area contributed by atoms with Crippen molar-refractivity contribution in [3.8, 4) is 0 Å². The molecule has 0 aliphatic carbocycles. The van der Waals surface area contributed by atoms with Crippen LogP contribution in [0.4, 0.5) is 0 Å². The summed E-state index contributed by atoms with van der Waals surface area (Å²) in [5.74, 6) is -0.949. The van der Waals surface area contributed by atoms with Crippen molar-refractivity contribution in [2.45, 2.75) is 6.42 Å². The standard InChI is InChI=1S/C8H8BrNO4S/c1-13-5(11)3-4-6(7(12)14-2)15-8(9)10-4/h3H2,1-2H3. The molecule has 0 aliphatic rings. The fourth-order valence-electron chi connectivity index (χ4n) is 0.904. The zero-order valence-corrected chi connectivity index (χ0v) is 10.5. The van der Waals surface area contributed by atoms with Gasteiger partial charge in [-0.1, -0.05) is 11.3 Å². The van der Waals surface area contributed by atoms with Gasteiger partial charge < -0.3 is 9.47 Å². The molecule has 0 bridgehead atoms. The lowest BCUT2D eigenvalue weighted by molar-refractivity contribution is -0.139. The van der Waals surface area contributed by atoms with E-state index in [-0.39, 0.29) is 6.42 Å². The molecule has 1 aromatic heterocycles. The number of halogens is 1. The average molecular weight is 294 g/mol. The molecule has 0 atom stereocenters. The van der Waals surface area contributed by atoms with Crippen LogP contribution in [0.5, 0.6) is 0 Å². The second kappa shape index (κ2) is 5.22. The lowest BCUT2D eigenvalue weighted by Crippen LogP contribution is -2.09. The van der Waals surface area contributed by atoms with Crippen molar-refractivity contribution >= 4 is 39.2 Å². The number of thiazole rings is 1. The van der Waals surface area contributed by atoms with Gasteiger partial charge in [-0.25, -0.2) is 9.78 Å². The summed E-state index contributed by atoms with van der Waals surface area (Å²) in [5, 5.41) is 0. The zero-order valence-electron chi connectivity index (χ0n) is 8.07. The van der Waals surface area contributed by atoms with Crippen LogP contribution in [0, 0.1) is 0 Å². The normalized spacial score (nSPS) is 9.80. The topological polar surface area (TPSA) is 65.5 Å². The van der Waals surface area contributed by atoms with Crippen LogP contribution in [-0.2, 0) is 20.7 Å². The van der Waals surface area contributed by atoms with Gasteiger partial charge in [0, 0.05) is 0 Å². The molecule has 0 saturated carbocycles. The Balaban J connectivity index is 2.96. The molecular weight excluding hydrogens is 286 g/mol. The zero-order chi connectivity index (χ0) is 11.4. The molecule has 0 saturated heterocycles. The lowest BCUT2D eigenvalue weighted by Gasteiger charge is -1.98. The van der Waals surface area contributed by atoms with Crippen LogP contribution >= 0.6 is 27.3 Å². The summed E-state index contributed by atoms with van der Waals surface area (Å²) in [6.07, 6.45) is -0.0387. The van der Waals surface area contributed by atoms with E-state index in [2.05, 4.69) is 30.4 Å². The molecule has 1 rings (SSSR count). The molecule has 0 aromatic carbocycles. The molecule has 7 heteroatoms. The molecule has 82 valence electrons. The maximum absolute atomic E-state index is 11.3. The minimum atomic E-state index is -0.503. The van der Waals surface area contributed by atoms with Crippen molar-refractivity contribution < 1.29 is 19.1 Å². The number of methoxy groups -OCH3 is 2. The molecule has 0 radical (unpaired) electrons. The highest BCUT2D eigenvalue weighted by molar-refractivity contribution is 9.11. The van der Waals surface area contributed by atoms with Crippen LogP contribution in [-0.4, -0.2) is 31.1 Å². The smallest absolute Gasteiger partial charge is 0.350 e. The quantitative estimate of drug-likeness (QED) is 0.789. The van der Waals surface area contributed by atoms with Crippen LogP contribution in [0.15, 0.2) is 3.92 Å². The van der Waals surface area contributed by atoms with Gasteiger partial charge in [0.25, 0.3) is 0 Å². The fourth-order valence-corrected chi connectivity index (χ4v) is 2.33. The van der Waals surface area contributed by atoms with Crippen molar-refractivity contribution in [1.82, 2.24) is 4.98 Å². The summed E-state index contributed by atoms with van der Waals surface area (Å²) < 4.78 is 9.58.